The molecule has 0 fully saturated rings. The third-order valence-corrected chi connectivity index (χ3v) is 2.03. The standard InChI is InChI=1S/C11H17NO2/c1-8-3-4-9(2)11(5-8)14-7-10(12)6-13/h3-5,10,13H,6-7,12H2,1-2H3. The van der Waals surface area contributed by atoms with E-state index >= 15 is 0 Å². The fourth-order valence-corrected chi connectivity index (χ4v) is 1.11. The van der Waals surface area contributed by atoms with Crippen LogP contribution in [-0.2, 0) is 0 Å². The maximum atomic E-state index is 8.73. The molecule has 78 valence electrons. The van der Waals surface area contributed by atoms with E-state index in [0.717, 1.165) is 16.9 Å². The van der Waals surface area contributed by atoms with Gasteiger partial charge in [0.05, 0.1) is 12.6 Å². The molecule has 0 spiro atoms. The maximum absolute atomic E-state index is 8.73. The summed E-state index contributed by atoms with van der Waals surface area (Å²) in [5.74, 6) is 0.842. The number of rotatable bonds is 4. The van der Waals surface area contributed by atoms with Crippen LogP contribution in [0.5, 0.6) is 5.75 Å². The lowest BCUT2D eigenvalue weighted by Crippen LogP contribution is -2.31. The molecule has 0 aliphatic rings. The highest BCUT2D eigenvalue weighted by atomic mass is 16.5. The van der Waals surface area contributed by atoms with Gasteiger partial charge < -0.3 is 15.6 Å². The van der Waals surface area contributed by atoms with Crippen molar-refractivity contribution in [3.05, 3.63) is 29.3 Å². The first-order valence-electron chi connectivity index (χ1n) is 4.70. The molecule has 3 N–H and O–H groups in total. The van der Waals surface area contributed by atoms with Gasteiger partial charge in [0, 0.05) is 0 Å². The van der Waals surface area contributed by atoms with E-state index in [1.165, 1.54) is 0 Å². The molecule has 0 aliphatic carbocycles. The summed E-state index contributed by atoms with van der Waals surface area (Å²) in [6.45, 7) is 4.29. The molecule has 0 amide bonds. The van der Waals surface area contributed by atoms with Gasteiger partial charge in [-0.1, -0.05) is 12.1 Å². The Morgan fingerprint density at radius 2 is 2.14 bits per heavy atom. The molecule has 0 bridgehead atoms. The van der Waals surface area contributed by atoms with Crippen LogP contribution in [0.4, 0.5) is 0 Å². The molecule has 0 heterocycles. The van der Waals surface area contributed by atoms with Crippen LogP contribution in [-0.4, -0.2) is 24.4 Å². The van der Waals surface area contributed by atoms with Crippen molar-refractivity contribution in [2.75, 3.05) is 13.2 Å². The van der Waals surface area contributed by atoms with E-state index in [4.69, 9.17) is 15.6 Å². The second-order valence-electron chi connectivity index (χ2n) is 3.52. The van der Waals surface area contributed by atoms with Crippen LogP contribution in [0.2, 0.25) is 0 Å². The molecule has 14 heavy (non-hydrogen) atoms. The molecule has 0 saturated carbocycles. The molecular weight excluding hydrogens is 178 g/mol. The Hall–Kier alpha value is -1.06. The minimum absolute atomic E-state index is 0.0507. The Bertz CT molecular complexity index is 299. The molecule has 1 aromatic carbocycles. The molecule has 0 saturated heterocycles. The zero-order valence-corrected chi connectivity index (χ0v) is 8.66. The molecule has 1 atom stereocenters. The first-order chi connectivity index (χ1) is 6.63. The van der Waals surface area contributed by atoms with Gasteiger partial charge in [-0.25, -0.2) is 0 Å². The summed E-state index contributed by atoms with van der Waals surface area (Å²) < 4.78 is 5.49. The second kappa shape index (κ2) is 4.98. The van der Waals surface area contributed by atoms with Crippen molar-refractivity contribution in [2.45, 2.75) is 19.9 Å². The molecule has 3 heteroatoms. The number of aryl methyl sites for hydroxylation is 2. The van der Waals surface area contributed by atoms with E-state index in [9.17, 15) is 0 Å². The average molecular weight is 195 g/mol. The van der Waals surface area contributed by atoms with Crippen molar-refractivity contribution in [1.29, 1.82) is 0 Å². The maximum Gasteiger partial charge on any atom is 0.122 e. The molecule has 3 nitrogen and oxygen atoms in total. The lowest BCUT2D eigenvalue weighted by Gasteiger charge is -2.12. The lowest BCUT2D eigenvalue weighted by molar-refractivity contribution is 0.206. The normalized spacial score (nSPS) is 12.6. The molecule has 0 aromatic heterocycles. The van der Waals surface area contributed by atoms with Gasteiger partial charge in [-0.05, 0) is 31.0 Å². The SMILES string of the molecule is Cc1ccc(C)c(OCC(N)CO)c1. The van der Waals surface area contributed by atoms with Crippen LogP contribution in [0, 0.1) is 13.8 Å². The van der Waals surface area contributed by atoms with Crippen molar-refractivity contribution < 1.29 is 9.84 Å². The van der Waals surface area contributed by atoms with Gasteiger partial charge in [0.2, 0.25) is 0 Å². The van der Waals surface area contributed by atoms with Gasteiger partial charge in [-0.2, -0.15) is 0 Å². The number of aliphatic hydroxyl groups is 1. The summed E-state index contributed by atoms with van der Waals surface area (Å²) in [5.41, 5.74) is 7.77. The molecule has 1 aromatic rings. The van der Waals surface area contributed by atoms with Crippen molar-refractivity contribution in [1.82, 2.24) is 0 Å². The Morgan fingerprint density at radius 1 is 1.43 bits per heavy atom. The van der Waals surface area contributed by atoms with Gasteiger partial charge in [0.25, 0.3) is 0 Å². The average Bonchev–Trinajstić information content (AvgIpc) is 2.19. The van der Waals surface area contributed by atoms with E-state index < -0.39 is 0 Å². The van der Waals surface area contributed by atoms with Gasteiger partial charge in [-0.15, -0.1) is 0 Å². The Morgan fingerprint density at radius 3 is 2.79 bits per heavy atom. The van der Waals surface area contributed by atoms with Gasteiger partial charge in [0.1, 0.15) is 12.4 Å². The van der Waals surface area contributed by atoms with Crippen LogP contribution >= 0.6 is 0 Å². The smallest absolute Gasteiger partial charge is 0.122 e. The summed E-state index contributed by atoms with van der Waals surface area (Å²) >= 11 is 0. The predicted octanol–water partition coefficient (Wildman–Crippen LogP) is 1.00. The lowest BCUT2D eigenvalue weighted by atomic mass is 10.1. The second-order valence-corrected chi connectivity index (χ2v) is 3.52. The first-order valence-corrected chi connectivity index (χ1v) is 4.70. The minimum atomic E-state index is -0.310. The van der Waals surface area contributed by atoms with Crippen molar-refractivity contribution in [3.63, 3.8) is 0 Å². The van der Waals surface area contributed by atoms with Crippen molar-refractivity contribution >= 4 is 0 Å². The fraction of sp³-hybridized carbons (Fsp3) is 0.455. The summed E-state index contributed by atoms with van der Waals surface area (Å²) in [6, 6.07) is 5.71. The topological polar surface area (TPSA) is 55.5 Å². The van der Waals surface area contributed by atoms with Crippen LogP contribution in [0.15, 0.2) is 18.2 Å². The van der Waals surface area contributed by atoms with Crippen molar-refractivity contribution in [2.24, 2.45) is 5.73 Å². The number of nitrogens with two attached hydrogens (primary N) is 1. The zero-order chi connectivity index (χ0) is 10.6. The number of hydrogen-bond acceptors (Lipinski definition) is 3. The van der Waals surface area contributed by atoms with Crippen LogP contribution in [0.3, 0.4) is 0 Å². The van der Waals surface area contributed by atoms with Crippen LogP contribution in [0.1, 0.15) is 11.1 Å². The Labute approximate surface area is 84.5 Å². The van der Waals surface area contributed by atoms with Crippen LogP contribution in [0.25, 0.3) is 0 Å². The summed E-state index contributed by atoms with van der Waals surface area (Å²) in [6.07, 6.45) is 0. The third-order valence-electron chi connectivity index (χ3n) is 2.03. The molecule has 1 rings (SSSR count). The molecule has 1 unspecified atom stereocenters. The number of aliphatic hydroxyl groups excluding tert-OH is 1. The molecule has 0 aliphatic heterocycles. The monoisotopic (exact) mass is 195 g/mol. The number of benzene rings is 1. The van der Waals surface area contributed by atoms with Gasteiger partial charge in [0.15, 0.2) is 0 Å². The summed E-state index contributed by atoms with van der Waals surface area (Å²) in [4.78, 5) is 0. The highest BCUT2D eigenvalue weighted by Crippen LogP contribution is 2.18. The Balaban J connectivity index is 2.62. The number of hydrogen-bond donors (Lipinski definition) is 2. The predicted molar refractivity (Wildman–Crippen MR) is 56.5 cm³/mol. The minimum Gasteiger partial charge on any atom is -0.492 e. The van der Waals surface area contributed by atoms with E-state index in [1.54, 1.807) is 0 Å². The van der Waals surface area contributed by atoms with E-state index in [1.807, 2.05) is 32.0 Å². The summed E-state index contributed by atoms with van der Waals surface area (Å²) in [7, 11) is 0. The highest BCUT2D eigenvalue weighted by Gasteiger charge is 2.03. The van der Waals surface area contributed by atoms with Gasteiger partial charge in [-0.3, -0.25) is 0 Å². The fourth-order valence-electron chi connectivity index (χ4n) is 1.11. The highest BCUT2D eigenvalue weighted by molar-refractivity contribution is 5.35. The largest absolute Gasteiger partial charge is 0.492 e. The van der Waals surface area contributed by atoms with E-state index in [0.29, 0.717) is 6.61 Å². The van der Waals surface area contributed by atoms with E-state index in [-0.39, 0.29) is 12.6 Å². The summed E-state index contributed by atoms with van der Waals surface area (Å²) in [5, 5.41) is 8.73. The first kappa shape index (κ1) is 11.0. The quantitative estimate of drug-likeness (QED) is 0.753. The van der Waals surface area contributed by atoms with Crippen molar-refractivity contribution in [3.8, 4) is 5.75 Å². The zero-order valence-electron chi connectivity index (χ0n) is 8.66. The van der Waals surface area contributed by atoms with E-state index in [2.05, 4.69) is 0 Å². The molecule has 0 radical (unpaired) electrons. The van der Waals surface area contributed by atoms with Crippen LogP contribution < -0.4 is 10.5 Å². The number of ether oxygens (including phenoxy) is 1. The molecular formula is C11H17NO2. The third kappa shape index (κ3) is 3.01. The van der Waals surface area contributed by atoms with Gasteiger partial charge >= 0.3 is 0 Å². The Kier molecular flexibility index (Phi) is 3.92.